The Hall–Kier alpha value is -0.730. The predicted octanol–water partition coefficient (Wildman–Crippen LogP) is 2.15. The quantitative estimate of drug-likeness (QED) is 0.767. The van der Waals surface area contributed by atoms with Gasteiger partial charge in [0.15, 0.2) is 0 Å². The molecule has 2 nitrogen and oxygen atoms in total. The number of ether oxygens (including phenoxy) is 1. The normalized spacial score (nSPS) is 10.0. The van der Waals surface area contributed by atoms with E-state index in [1.165, 1.54) is 0 Å². The average molecular weight is 187 g/mol. The molecule has 0 aromatic heterocycles. The molecule has 0 saturated heterocycles. The third-order valence-corrected chi connectivity index (χ3v) is 2.33. The lowest BCUT2D eigenvalue weighted by molar-refractivity contribution is 0.281. The van der Waals surface area contributed by atoms with Crippen LogP contribution in [0.15, 0.2) is 12.1 Å². The average Bonchev–Trinajstić information content (AvgIpc) is 2.10. The maximum Gasteiger partial charge on any atom is 0.123 e. The number of hydrogen-bond acceptors (Lipinski definition) is 2. The minimum atomic E-state index is -0.0380. The standard InChI is InChI=1S/C9H11ClO2/c1-6-8(12-2)4-3-7(5-11)9(6)10/h3-4,11H,5H2,1-2H3. The molecule has 0 amide bonds. The van der Waals surface area contributed by atoms with Crippen molar-refractivity contribution in [2.24, 2.45) is 0 Å². The SMILES string of the molecule is COc1ccc(CO)c(Cl)c1C. The molecule has 0 radical (unpaired) electrons. The molecule has 1 aromatic carbocycles. The highest BCUT2D eigenvalue weighted by Crippen LogP contribution is 2.28. The lowest BCUT2D eigenvalue weighted by atomic mass is 10.1. The summed E-state index contributed by atoms with van der Waals surface area (Å²) in [6, 6.07) is 3.56. The molecular formula is C9H11ClO2. The molecule has 0 aliphatic heterocycles. The van der Waals surface area contributed by atoms with E-state index in [1.807, 2.05) is 6.92 Å². The summed E-state index contributed by atoms with van der Waals surface area (Å²) in [7, 11) is 1.59. The van der Waals surface area contributed by atoms with Gasteiger partial charge in [-0.1, -0.05) is 17.7 Å². The van der Waals surface area contributed by atoms with Crippen LogP contribution in [-0.2, 0) is 6.61 Å². The molecule has 1 N–H and O–H groups in total. The molecule has 1 aromatic rings. The molecule has 0 heterocycles. The molecular weight excluding hydrogens is 176 g/mol. The third-order valence-electron chi connectivity index (χ3n) is 1.81. The molecule has 0 unspecified atom stereocenters. The number of rotatable bonds is 2. The van der Waals surface area contributed by atoms with Gasteiger partial charge in [0.25, 0.3) is 0 Å². The molecule has 0 spiro atoms. The Kier molecular flexibility index (Phi) is 2.95. The summed E-state index contributed by atoms with van der Waals surface area (Å²) in [6.07, 6.45) is 0. The zero-order valence-corrected chi connectivity index (χ0v) is 7.85. The number of aliphatic hydroxyl groups excluding tert-OH is 1. The Morgan fingerprint density at radius 3 is 2.67 bits per heavy atom. The first-order valence-corrected chi connectivity index (χ1v) is 4.01. The fraction of sp³-hybridized carbons (Fsp3) is 0.333. The lowest BCUT2D eigenvalue weighted by Gasteiger charge is -2.08. The van der Waals surface area contributed by atoms with E-state index in [9.17, 15) is 0 Å². The first kappa shape index (κ1) is 9.36. The van der Waals surface area contributed by atoms with Gasteiger partial charge in [0.1, 0.15) is 5.75 Å². The van der Waals surface area contributed by atoms with Crippen molar-refractivity contribution in [2.75, 3.05) is 7.11 Å². The van der Waals surface area contributed by atoms with Crippen LogP contribution in [0.4, 0.5) is 0 Å². The zero-order valence-electron chi connectivity index (χ0n) is 7.10. The van der Waals surface area contributed by atoms with E-state index in [0.717, 1.165) is 16.9 Å². The molecule has 0 aliphatic carbocycles. The molecule has 12 heavy (non-hydrogen) atoms. The van der Waals surface area contributed by atoms with Gasteiger partial charge in [-0.15, -0.1) is 0 Å². The second kappa shape index (κ2) is 3.78. The fourth-order valence-corrected chi connectivity index (χ4v) is 1.28. The number of methoxy groups -OCH3 is 1. The first-order chi connectivity index (χ1) is 5.70. The second-order valence-electron chi connectivity index (χ2n) is 2.52. The Morgan fingerprint density at radius 1 is 1.50 bits per heavy atom. The largest absolute Gasteiger partial charge is 0.496 e. The van der Waals surface area contributed by atoms with Gasteiger partial charge in [-0.05, 0) is 18.6 Å². The highest BCUT2D eigenvalue weighted by molar-refractivity contribution is 6.32. The van der Waals surface area contributed by atoms with Crippen molar-refractivity contribution >= 4 is 11.6 Å². The minimum absolute atomic E-state index is 0.0380. The van der Waals surface area contributed by atoms with Crippen LogP contribution >= 0.6 is 11.6 Å². The fourth-order valence-electron chi connectivity index (χ4n) is 1.07. The van der Waals surface area contributed by atoms with Gasteiger partial charge >= 0.3 is 0 Å². The van der Waals surface area contributed by atoms with Gasteiger partial charge < -0.3 is 9.84 Å². The minimum Gasteiger partial charge on any atom is -0.496 e. The van der Waals surface area contributed by atoms with Gasteiger partial charge in [0.05, 0.1) is 18.7 Å². The van der Waals surface area contributed by atoms with Gasteiger partial charge in [-0.25, -0.2) is 0 Å². The summed E-state index contributed by atoms with van der Waals surface area (Å²) in [6.45, 7) is 1.82. The van der Waals surface area contributed by atoms with E-state index < -0.39 is 0 Å². The molecule has 0 aliphatic rings. The molecule has 1 rings (SSSR count). The molecule has 0 fully saturated rings. The smallest absolute Gasteiger partial charge is 0.123 e. The summed E-state index contributed by atoms with van der Waals surface area (Å²) < 4.78 is 5.06. The van der Waals surface area contributed by atoms with E-state index in [0.29, 0.717) is 5.02 Å². The van der Waals surface area contributed by atoms with Crippen LogP contribution in [0.1, 0.15) is 11.1 Å². The molecule has 0 atom stereocenters. The van der Waals surface area contributed by atoms with Crippen LogP contribution < -0.4 is 4.74 Å². The van der Waals surface area contributed by atoms with Crippen LogP contribution in [0.3, 0.4) is 0 Å². The Morgan fingerprint density at radius 2 is 2.17 bits per heavy atom. The van der Waals surface area contributed by atoms with Crippen LogP contribution in [0, 0.1) is 6.92 Å². The lowest BCUT2D eigenvalue weighted by Crippen LogP contribution is -1.92. The molecule has 0 saturated carbocycles. The third kappa shape index (κ3) is 1.54. The number of aliphatic hydroxyl groups is 1. The maximum absolute atomic E-state index is 8.88. The van der Waals surface area contributed by atoms with Crippen molar-refractivity contribution in [2.45, 2.75) is 13.5 Å². The summed E-state index contributed by atoms with van der Waals surface area (Å²) >= 11 is 5.94. The Labute approximate surface area is 76.7 Å². The van der Waals surface area contributed by atoms with Crippen LogP contribution in [0.25, 0.3) is 0 Å². The van der Waals surface area contributed by atoms with E-state index >= 15 is 0 Å². The summed E-state index contributed by atoms with van der Waals surface area (Å²) in [4.78, 5) is 0. The van der Waals surface area contributed by atoms with Crippen molar-refractivity contribution in [3.63, 3.8) is 0 Å². The van der Waals surface area contributed by atoms with E-state index in [4.69, 9.17) is 21.4 Å². The Bertz CT molecular complexity index is 255. The monoisotopic (exact) mass is 186 g/mol. The molecule has 3 heteroatoms. The second-order valence-corrected chi connectivity index (χ2v) is 2.90. The van der Waals surface area contributed by atoms with Gasteiger partial charge in [0.2, 0.25) is 0 Å². The van der Waals surface area contributed by atoms with Crippen molar-refractivity contribution in [1.82, 2.24) is 0 Å². The number of halogens is 1. The van der Waals surface area contributed by atoms with E-state index in [-0.39, 0.29) is 6.61 Å². The van der Waals surface area contributed by atoms with Crippen LogP contribution in [0.2, 0.25) is 5.02 Å². The van der Waals surface area contributed by atoms with Gasteiger partial charge in [0, 0.05) is 5.56 Å². The number of benzene rings is 1. The first-order valence-electron chi connectivity index (χ1n) is 3.63. The van der Waals surface area contributed by atoms with Gasteiger partial charge in [-0.2, -0.15) is 0 Å². The molecule has 66 valence electrons. The maximum atomic E-state index is 8.88. The zero-order chi connectivity index (χ0) is 9.14. The topological polar surface area (TPSA) is 29.5 Å². The highest BCUT2D eigenvalue weighted by Gasteiger charge is 2.06. The van der Waals surface area contributed by atoms with E-state index in [1.54, 1.807) is 19.2 Å². The van der Waals surface area contributed by atoms with Crippen LogP contribution in [-0.4, -0.2) is 12.2 Å². The highest BCUT2D eigenvalue weighted by atomic mass is 35.5. The Balaban J connectivity index is 3.20. The summed E-state index contributed by atoms with van der Waals surface area (Å²) in [5, 5.41) is 9.46. The summed E-state index contributed by atoms with van der Waals surface area (Å²) in [5.41, 5.74) is 1.60. The van der Waals surface area contributed by atoms with Crippen molar-refractivity contribution in [1.29, 1.82) is 0 Å². The van der Waals surface area contributed by atoms with Gasteiger partial charge in [-0.3, -0.25) is 0 Å². The summed E-state index contributed by atoms with van der Waals surface area (Å²) in [5.74, 6) is 0.747. The molecule has 0 bridgehead atoms. The number of hydrogen-bond donors (Lipinski definition) is 1. The van der Waals surface area contributed by atoms with Crippen molar-refractivity contribution in [3.05, 3.63) is 28.3 Å². The predicted molar refractivity (Wildman–Crippen MR) is 48.7 cm³/mol. The van der Waals surface area contributed by atoms with Crippen LogP contribution in [0.5, 0.6) is 5.75 Å². The van der Waals surface area contributed by atoms with E-state index in [2.05, 4.69) is 0 Å². The van der Waals surface area contributed by atoms with Crippen molar-refractivity contribution < 1.29 is 9.84 Å². The van der Waals surface area contributed by atoms with Crippen molar-refractivity contribution in [3.8, 4) is 5.75 Å².